The summed E-state index contributed by atoms with van der Waals surface area (Å²) in [7, 11) is -3.34. The van der Waals surface area contributed by atoms with Gasteiger partial charge in [-0.1, -0.05) is 34.6 Å². The van der Waals surface area contributed by atoms with Gasteiger partial charge < -0.3 is 0 Å². The molecule has 0 saturated carbocycles. The number of rotatable bonds is 4. The summed E-state index contributed by atoms with van der Waals surface area (Å²) in [5, 5.41) is 0.902. The Labute approximate surface area is 98.4 Å². The summed E-state index contributed by atoms with van der Waals surface area (Å²) in [6.45, 7) is 5.45. The number of sulfonamides is 1. The molecular weight excluding hydrogens is 278 g/mol. The Hall–Kier alpha value is -0.650. The monoisotopic (exact) mass is 289 g/mol. The normalized spacial score (nSPS) is 11.3. The van der Waals surface area contributed by atoms with Gasteiger partial charge in [0.1, 0.15) is 0 Å². The smallest absolute Gasteiger partial charge is 0.208 e. The van der Waals surface area contributed by atoms with Gasteiger partial charge in [-0.2, -0.15) is 0 Å². The van der Waals surface area contributed by atoms with E-state index in [-0.39, 0.29) is 6.54 Å². The van der Waals surface area contributed by atoms with Gasteiger partial charge in [-0.05, 0) is 24.1 Å². The molecule has 0 unspecified atom stereocenters. The molecule has 0 radical (unpaired) electrons. The van der Waals surface area contributed by atoms with Crippen molar-refractivity contribution < 1.29 is 8.42 Å². The molecule has 82 valence electrons. The van der Waals surface area contributed by atoms with Gasteiger partial charge in [-0.25, -0.2) is 13.1 Å². The van der Waals surface area contributed by atoms with Crippen molar-refractivity contribution in [1.29, 1.82) is 0 Å². The quantitative estimate of drug-likeness (QED) is 0.925. The highest BCUT2D eigenvalue weighted by Crippen LogP contribution is 2.16. The largest absolute Gasteiger partial charge is 0.233 e. The Morgan fingerprint density at radius 2 is 2.20 bits per heavy atom. The van der Waals surface area contributed by atoms with Gasteiger partial charge in [0, 0.05) is 16.4 Å². The topological polar surface area (TPSA) is 46.2 Å². The third kappa shape index (κ3) is 3.77. The molecular formula is C10H12BrNO2S. The van der Waals surface area contributed by atoms with Gasteiger partial charge in [0.05, 0.1) is 0 Å². The second-order valence-electron chi connectivity index (χ2n) is 3.12. The van der Waals surface area contributed by atoms with E-state index in [9.17, 15) is 8.42 Å². The molecule has 0 atom stereocenters. The Morgan fingerprint density at radius 3 is 2.73 bits per heavy atom. The van der Waals surface area contributed by atoms with E-state index in [4.69, 9.17) is 0 Å². The van der Waals surface area contributed by atoms with Crippen LogP contribution in [-0.2, 0) is 16.6 Å². The van der Waals surface area contributed by atoms with E-state index in [1.54, 1.807) is 0 Å². The van der Waals surface area contributed by atoms with Crippen molar-refractivity contribution in [2.24, 2.45) is 0 Å². The van der Waals surface area contributed by atoms with Crippen molar-refractivity contribution in [3.63, 3.8) is 0 Å². The van der Waals surface area contributed by atoms with Crippen LogP contribution in [0.1, 0.15) is 11.1 Å². The van der Waals surface area contributed by atoms with Crippen molar-refractivity contribution in [3.8, 4) is 0 Å². The molecule has 0 amide bonds. The summed E-state index contributed by atoms with van der Waals surface area (Å²) in [4.78, 5) is 0. The lowest BCUT2D eigenvalue weighted by Gasteiger charge is -2.05. The van der Waals surface area contributed by atoms with E-state index in [0.717, 1.165) is 21.0 Å². The molecule has 0 spiro atoms. The summed E-state index contributed by atoms with van der Waals surface area (Å²) in [6, 6.07) is 5.69. The summed E-state index contributed by atoms with van der Waals surface area (Å²) in [6.07, 6.45) is 0. The molecule has 0 aliphatic rings. The minimum absolute atomic E-state index is 0.280. The lowest BCUT2D eigenvalue weighted by atomic mass is 10.1. The molecule has 0 fully saturated rings. The molecule has 5 heteroatoms. The maximum atomic E-state index is 11.1. The molecule has 1 N–H and O–H groups in total. The first kappa shape index (κ1) is 12.4. The average molecular weight is 290 g/mol. The minimum atomic E-state index is -3.34. The predicted molar refractivity (Wildman–Crippen MR) is 64.8 cm³/mol. The predicted octanol–water partition coefficient (Wildman–Crippen LogP) is 2.32. The zero-order chi connectivity index (χ0) is 11.5. The number of halogens is 1. The zero-order valence-electron chi connectivity index (χ0n) is 8.33. The molecule has 0 heterocycles. The van der Waals surface area contributed by atoms with Gasteiger partial charge in [0.2, 0.25) is 10.0 Å². The van der Waals surface area contributed by atoms with Crippen LogP contribution in [0.5, 0.6) is 0 Å². The van der Waals surface area contributed by atoms with Gasteiger partial charge in [0.15, 0.2) is 0 Å². The number of nitrogens with one attached hydrogen (secondary N) is 1. The third-order valence-corrected chi connectivity index (χ3v) is 3.79. The molecule has 0 aliphatic heterocycles. The fourth-order valence-corrected chi connectivity index (χ4v) is 1.79. The molecule has 3 nitrogen and oxygen atoms in total. The maximum absolute atomic E-state index is 11.1. The van der Waals surface area contributed by atoms with E-state index in [2.05, 4.69) is 27.2 Å². The van der Waals surface area contributed by atoms with Gasteiger partial charge in [0.25, 0.3) is 0 Å². The van der Waals surface area contributed by atoms with Crippen molar-refractivity contribution in [1.82, 2.24) is 4.72 Å². The summed E-state index contributed by atoms with van der Waals surface area (Å²) in [5.41, 5.74) is 1.99. The maximum Gasteiger partial charge on any atom is 0.233 e. The molecule has 1 rings (SSSR count). The molecule has 1 aromatic rings. The fourth-order valence-electron chi connectivity index (χ4n) is 1.06. The SMILES string of the molecule is C=CS(=O)(=O)NCc1ccc(Br)c(C)c1. The van der Waals surface area contributed by atoms with Gasteiger partial charge in [-0.15, -0.1) is 0 Å². The highest BCUT2D eigenvalue weighted by atomic mass is 79.9. The molecule has 0 aromatic heterocycles. The zero-order valence-corrected chi connectivity index (χ0v) is 10.7. The third-order valence-electron chi connectivity index (χ3n) is 1.92. The van der Waals surface area contributed by atoms with E-state index in [1.807, 2.05) is 25.1 Å². The summed E-state index contributed by atoms with van der Waals surface area (Å²) < 4.78 is 25.6. The van der Waals surface area contributed by atoms with Crippen molar-refractivity contribution >= 4 is 26.0 Å². The summed E-state index contributed by atoms with van der Waals surface area (Å²) >= 11 is 3.38. The van der Waals surface area contributed by atoms with Crippen LogP contribution in [0, 0.1) is 6.92 Å². The average Bonchev–Trinajstić information content (AvgIpc) is 2.20. The minimum Gasteiger partial charge on any atom is -0.208 e. The molecule has 15 heavy (non-hydrogen) atoms. The number of hydrogen-bond acceptors (Lipinski definition) is 2. The Bertz CT molecular complexity index is 468. The van der Waals surface area contributed by atoms with Crippen LogP contribution < -0.4 is 4.72 Å². The van der Waals surface area contributed by atoms with E-state index in [0.29, 0.717) is 0 Å². The lowest BCUT2D eigenvalue weighted by Crippen LogP contribution is -2.20. The number of aryl methyl sites for hydroxylation is 1. The van der Waals surface area contributed by atoms with E-state index >= 15 is 0 Å². The number of hydrogen-bond donors (Lipinski definition) is 1. The Balaban J connectivity index is 2.75. The standard InChI is InChI=1S/C10H12BrNO2S/c1-3-15(13,14)12-7-9-4-5-10(11)8(2)6-9/h3-6,12H,1,7H2,2H3. The van der Waals surface area contributed by atoms with Crippen LogP contribution >= 0.6 is 15.9 Å². The second-order valence-corrected chi connectivity index (χ2v) is 5.68. The lowest BCUT2D eigenvalue weighted by molar-refractivity contribution is 0.590. The van der Waals surface area contributed by atoms with Crippen molar-refractivity contribution in [2.75, 3.05) is 0 Å². The second kappa shape index (κ2) is 4.92. The molecule has 1 aromatic carbocycles. The van der Waals surface area contributed by atoms with Crippen LogP contribution in [0.2, 0.25) is 0 Å². The first-order valence-corrected chi connectivity index (χ1v) is 6.65. The van der Waals surface area contributed by atoms with E-state index in [1.165, 1.54) is 0 Å². The highest BCUT2D eigenvalue weighted by molar-refractivity contribution is 9.10. The first-order chi connectivity index (χ1) is 6.94. The van der Waals surface area contributed by atoms with Crippen LogP contribution in [0.4, 0.5) is 0 Å². The highest BCUT2D eigenvalue weighted by Gasteiger charge is 2.04. The van der Waals surface area contributed by atoms with Crippen molar-refractivity contribution in [2.45, 2.75) is 13.5 Å². The van der Waals surface area contributed by atoms with Crippen molar-refractivity contribution in [3.05, 3.63) is 45.8 Å². The van der Waals surface area contributed by atoms with Crippen LogP contribution in [0.25, 0.3) is 0 Å². The molecule has 0 aliphatic carbocycles. The van der Waals surface area contributed by atoms with Crippen LogP contribution in [-0.4, -0.2) is 8.42 Å². The first-order valence-electron chi connectivity index (χ1n) is 4.32. The fraction of sp³-hybridized carbons (Fsp3) is 0.200. The van der Waals surface area contributed by atoms with Gasteiger partial charge >= 0.3 is 0 Å². The van der Waals surface area contributed by atoms with Gasteiger partial charge in [-0.3, -0.25) is 0 Å². The van der Waals surface area contributed by atoms with E-state index < -0.39 is 10.0 Å². The van der Waals surface area contributed by atoms with Crippen LogP contribution in [0.3, 0.4) is 0 Å². The summed E-state index contributed by atoms with van der Waals surface area (Å²) in [5.74, 6) is 0. The van der Waals surface area contributed by atoms with Crippen LogP contribution in [0.15, 0.2) is 34.7 Å². The Morgan fingerprint density at radius 1 is 1.53 bits per heavy atom. The number of benzene rings is 1. The molecule has 0 bridgehead atoms. The molecule has 0 saturated heterocycles. The Kier molecular flexibility index (Phi) is 4.07.